The first-order chi connectivity index (χ1) is 15.2. The lowest BCUT2D eigenvalue weighted by atomic mass is 9.95. The summed E-state index contributed by atoms with van der Waals surface area (Å²) in [6, 6.07) is 8.18. The van der Waals surface area contributed by atoms with E-state index in [9.17, 15) is 14.7 Å². The molecular weight excluding hydrogens is 406 g/mol. The summed E-state index contributed by atoms with van der Waals surface area (Å²) in [5.74, 6) is -0.319. The van der Waals surface area contributed by atoms with Gasteiger partial charge < -0.3 is 19.6 Å². The topological polar surface area (TPSA) is 84.2 Å². The third-order valence-electron chi connectivity index (χ3n) is 5.44. The number of nitrogens with one attached hydrogen (secondary N) is 1. The van der Waals surface area contributed by atoms with E-state index >= 15 is 0 Å². The number of pyridine rings is 1. The number of aryl methyl sites for hydroxylation is 1. The van der Waals surface area contributed by atoms with Gasteiger partial charge in [-0.05, 0) is 54.3 Å². The Kier molecular flexibility index (Phi) is 7.30. The number of likely N-dealkylation sites (tertiary alicyclic amines) is 1. The van der Waals surface area contributed by atoms with E-state index < -0.39 is 17.7 Å². The van der Waals surface area contributed by atoms with Crippen LogP contribution in [0.4, 0.5) is 0 Å². The zero-order chi connectivity index (χ0) is 23.4. The number of ether oxygens (including phenoxy) is 1. The van der Waals surface area contributed by atoms with Crippen molar-refractivity contribution in [3.8, 4) is 5.75 Å². The average molecular weight is 439 g/mol. The maximum atomic E-state index is 13.0. The van der Waals surface area contributed by atoms with Crippen LogP contribution in [0.2, 0.25) is 0 Å². The summed E-state index contributed by atoms with van der Waals surface area (Å²) in [7, 11) is 3.98. The minimum atomic E-state index is -0.671. The van der Waals surface area contributed by atoms with Crippen molar-refractivity contribution in [2.45, 2.75) is 26.8 Å². The lowest BCUT2D eigenvalue weighted by Gasteiger charge is -2.25. The Labute approximate surface area is 189 Å². The van der Waals surface area contributed by atoms with Gasteiger partial charge in [0.25, 0.3) is 11.7 Å². The van der Waals surface area contributed by atoms with Crippen LogP contribution in [0.1, 0.15) is 36.6 Å². The van der Waals surface area contributed by atoms with Gasteiger partial charge in [0.05, 0.1) is 45.4 Å². The second kappa shape index (κ2) is 9.96. The van der Waals surface area contributed by atoms with Gasteiger partial charge in [-0.15, -0.1) is 0 Å². The van der Waals surface area contributed by atoms with Gasteiger partial charge in [0.2, 0.25) is 0 Å². The number of aliphatic hydroxyl groups excluding tert-OH is 1. The molecule has 0 spiro atoms. The molecule has 1 aliphatic rings. The van der Waals surface area contributed by atoms with Crippen molar-refractivity contribution in [3.63, 3.8) is 0 Å². The molecule has 1 aliphatic heterocycles. The van der Waals surface area contributed by atoms with E-state index in [-0.39, 0.29) is 11.3 Å². The summed E-state index contributed by atoms with van der Waals surface area (Å²) in [5, 5.41) is 11.2. The molecule has 32 heavy (non-hydrogen) atoms. The molecule has 3 rings (SSSR count). The average Bonchev–Trinajstić information content (AvgIpc) is 3.01. The number of aliphatic hydroxyl groups is 1. The fourth-order valence-corrected chi connectivity index (χ4v) is 3.72. The molecule has 2 heterocycles. The molecule has 2 aromatic rings. The number of ketones is 1. The Bertz CT molecular complexity index is 1020. The Morgan fingerprint density at radius 3 is 2.47 bits per heavy atom. The summed E-state index contributed by atoms with van der Waals surface area (Å²) in [5.41, 5.74) is 2.17. The van der Waals surface area contributed by atoms with Crippen molar-refractivity contribution >= 4 is 17.4 Å². The normalized spacial score (nSPS) is 18.1. The number of Topliss-reactive ketones (excluding diaryl/α,β-unsaturated/α-hetero) is 1. The standard InChI is InChI=1S/C25H31N3O4/c1-16(2)15-32-20-7-6-19(14-17(20)3)23(29)21-22(18-8-10-26-11-9-18)28(13-12-27(4)5)25(31)24(21)30/h6-11,14,16,22,29H,12-13,15H2,1-5H3/p+1. The van der Waals surface area contributed by atoms with Crippen LogP contribution in [-0.2, 0) is 9.59 Å². The largest absolute Gasteiger partial charge is 0.507 e. The Hall–Kier alpha value is -3.19. The number of carbonyl (C=O) groups is 2. The molecule has 2 N–H and O–H groups in total. The number of aromatic nitrogens is 1. The second-order valence-electron chi connectivity index (χ2n) is 8.92. The minimum Gasteiger partial charge on any atom is -0.507 e. The van der Waals surface area contributed by atoms with E-state index in [4.69, 9.17) is 4.74 Å². The predicted molar refractivity (Wildman–Crippen MR) is 122 cm³/mol. The Morgan fingerprint density at radius 1 is 1.19 bits per heavy atom. The molecule has 1 aromatic heterocycles. The lowest BCUT2D eigenvalue weighted by molar-refractivity contribution is -0.857. The zero-order valence-corrected chi connectivity index (χ0v) is 19.4. The molecule has 1 saturated heterocycles. The van der Waals surface area contributed by atoms with Gasteiger partial charge in [0.15, 0.2) is 0 Å². The SMILES string of the molecule is Cc1cc(C(O)=C2C(=O)C(=O)N(CC[NH+](C)C)C2c2ccncc2)ccc1OCC(C)C. The summed E-state index contributed by atoms with van der Waals surface area (Å²) in [6.07, 6.45) is 3.25. The van der Waals surface area contributed by atoms with Crippen LogP contribution in [0, 0.1) is 12.8 Å². The third-order valence-corrected chi connectivity index (χ3v) is 5.44. The van der Waals surface area contributed by atoms with Crippen molar-refractivity contribution < 1.29 is 24.3 Å². The van der Waals surface area contributed by atoms with Crippen LogP contribution in [-0.4, -0.2) is 60.5 Å². The molecular formula is C25H32N3O4+. The summed E-state index contributed by atoms with van der Waals surface area (Å²) in [4.78, 5) is 32.7. The number of nitrogens with zero attached hydrogens (tertiary/aromatic N) is 2. The maximum Gasteiger partial charge on any atom is 0.295 e. The first kappa shape index (κ1) is 23.5. The van der Waals surface area contributed by atoms with E-state index in [0.717, 1.165) is 21.8 Å². The smallest absolute Gasteiger partial charge is 0.295 e. The van der Waals surface area contributed by atoms with E-state index in [1.165, 1.54) is 0 Å². The van der Waals surface area contributed by atoms with Gasteiger partial charge in [-0.1, -0.05) is 13.8 Å². The van der Waals surface area contributed by atoms with E-state index in [2.05, 4.69) is 18.8 Å². The highest BCUT2D eigenvalue weighted by molar-refractivity contribution is 6.46. The van der Waals surface area contributed by atoms with Crippen molar-refractivity contribution in [3.05, 3.63) is 65.0 Å². The minimum absolute atomic E-state index is 0.102. The van der Waals surface area contributed by atoms with Gasteiger partial charge in [-0.3, -0.25) is 14.6 Å². The van der Waals surface area contributed by atoms with Crippen LogP contribution in [0.15, 0.2) is 48.3 Å². The quantitative estimate of drug-likeness (QED) is 0.374. The number of hydrogen-bond acceptors (Lipinski definition) is 5. The number of rotatable bonds is 8. The van der Waals surface area contributed by atoms with Gasteiger partial charge in [-0.2, -0.15) is 0 Å². The highest BCUT2D eigenvalue weighted by Gasteiger charge is 2.46. The molecule has 7 nitrogen and oxygen atoms in total. The summed E-state index contributed by atoms with van der Waals surface area (Å²) < 4.78 is 5.82. The molecule has 1 unspecified atom stereocenters. The molecule has 1 fully saturated rings. The van der Waals surface area contributed by atoms with Crippen molar-refractivity contribution in [2.24, 2.45) is 5.92 Å². The number of hydrogen-bond donors (Lipinski definition) is 2. The number of amides is 1. The van der Waals surface area contributed by atoms with Crippen LogP contribution in [0.5, 0.6) is 5.75 Å². The molecule has 0 radical (unpaired) electrons. The van der Waals surface area contributed by atoms with Gasteiger partial charge in [-0.25, -0.2) is 0 Å². The fourth-order valence-electron chi connectivity index (χ4n) is 3.72. The van der Waals surface area contributed by atoms with Gasteiger partial charge in [0, 0.05) is 18.0 Å². The Balaban J connectivity index is 2.05. The second-order valence-corrected chi connectivity index (χ2v) is 8.92. The number of benzene rings is 1. The van der Waals surface area contributed by atoms with Crippen molar-refractivity contribution in [1.82, 2.24) is 9.88 Å². The van der Waals surface area contributed by atoms with E-state index in [1.807, 2.05) is 21.0 Å². The monoisotopic (exact) mass is 438 g/mol. The van der Waals surface area contributed by atoms with E-state index in [0.29, 0.717) is 31.2 Å². The molecule has 0 aliphatic carbocycles. The van der Waals surface area contributed by atoms with Crippen molar-refractivity contribution in [1.29, 1.82) is 0 Å². The lowest BCUT2D eigenvalue weighted by Crippen LogP contribution is -3.06. The van der Waals surface area contributed by atoms with Crippen LogP contribution < -0.4 is 9.64 Å². The van der Waals surface area contributed by atoms with Gasteiger partial charge >= 0.3 is 0 Å². The fraction of sp³-hybridized carbons (Fsp3) is 0.400. The van der Waals surface area contributed by atoms with Crippen LogP contribution in [0.3, 0.4) is 0 Å². The Morgan fingerprint density at radius 2 is 1.88 bits per heavy atom. The molecule has 0 saturated carbocycles. The van der Waals surface area contributed by atoms with E-state index in [1.54, 1.807) is 47.6 Å². The zero-order valence-electron chi connectivity index (χ0n) is 19.4. The molecule has 1 amide bonds. The molecule has 7 heteroatoms. The van der Waals surface area contributed by atoms with Gasteiger partial charge in [0.1, 0.15) is 11.5 Å². The van der Waals surface area contributed by atoms with Crippen LogP contribution in [0.25, 0.3) is 5.76 Å². The van der Waals surface area contributed by atoms with Crippen molar-refractivity contribution in [2.75, 3.05) is 33.8 Å². The third kappa shape index (κ3) is 4.99. The summed E-state index contributed by atoms with van der Waals surface area (Å²) in [6.45, 7) is 7.71. The first-order valence-electron chi connectivity index (χ1n) is 10.9. The molecule has 0 bridgehead atoms. The highest BCUT2D eigenvalue weighted by Crippen LogP contribution is 2.39. The first-order valence-corrected chi connectivity index (χ1v) is 10.9. The predicted octanol–water partition coefficient (Wildman–Crippen LogP) is 1.99. The summed E-state index contributed by atoms with van der Waals surface area (Å²) >= 11 is 0. The highest BCUT2D eigenvalue weighted by atomic mass is 16.5. The molecule has 170 valence electrons. The number of quaternary nitrogens is 1. The maximum absolute atomic E-state index is 13.0. The number of likely N-dealkylation sites (N-methyl/N-ethyl adjacent to an activating group) is 1. The number of carbonyl (C=O) groups excluding carboxylic acids is 2. The molecule has 1 atom stereocenters. The van der Waals surface area contributed by atoms with Crippen LogP contribution >= 0.6 is 0 Å². The molecule has 1 aromatic carbocycles.